The van der Waals surface area contributed by atoms with Crippen LogP contribution in [0, 0.1) is 5.82 Å². The van der Waals surface area contributed by atoms with Gasteiger partial charge < -0.3 is 19.3 Å². The number of pyridine rings is 1. The van der Waals surface area contributed by atoms with Gasteiger partial charge in [0.15, 0.2) is 16.5 Å². The van der Waals surface area contributed by atoms with Crippen molar-refractivity contribution in [2.45, 2.75) is 31.8 Å². The van der Waals surface area contributed by atoms with E-state index in [1.807, 2.05) is 6.92 Å². The van der Waals surface area contributed by atoms with Gasteiger partial charge in [0.25, 0.3) is 5.91 Å². The third-order valence-corrected chi connectivity index (χ3v) is 6.84. The van der Waals surface area contributed by atoms with Crippen LogP contribution < -0.4 is 5.43 Å². The topological polar surface area (TPSA) is 97.5 Å². The number of benzene rings is 1. The Bertz CT molecular complexity index is 1240. The van der Waals surface area contributed by atoms with Crippen LogP contribution in [0.3, 0.4) is 0 Å². The number of aromatic nitrogens is 3. The van der Waals surface area contributed by atoms with Crippen LogP contribution in [-0.2, 0) is 11.2 Å². The van der Waals surface area contributed by atoms with E-state index in [1.165, 1.54) is 23.5 Å². The van der Waals surface area contributed by atoms with E-state index in [0.29, 0.717) is 36.2 Å². The molecule has 1 N–H and O–H groups in total. The van der Waals surface area contributed by atoms with E-state index in [1.54, 1.807) is 27.8 Å². The first-order valence-electron chi connectivity index (χ1n) is 10.4. The molecule has 2 aliphatic rings. The van der Waals surface area contributed by atoms with Crippen LogP contribution >= 0.6 is 11.3 Å². The zero-order valence-electron chi connectivity index (χ0n) is 17.3. The Morgan fingerprint density at radius 1 is 1.19 bits per heavy atom. The monoisotopic (exact) mass is 456 g/mol. The number of fused-ring (bicyclic) bond motifs is 3. The summed E-state index contributed by atoms with van der Waals surface area (Å²) < 4.78 is 20.4. The maximum Gasteiger partial charge on any atom is 0.274 e. The van der Waals surface area contributed by atoms with Gasteiger partial charge >= 0.3 is 0 Å². The largest absolute Gasteiger partial charge is 0.503 e. The van der Waals surface area contributed by atoms with Crippen LogP contribution in [0.5, 0.6) is 5.75 Å². The second-order valence-corrected chi connectivity index (χ2v) is 9.01. The van der Waals surface area contributed by atoms with Crippen LogP contribution in [-0.4, -0.2) is 56.5 Å². The summed E-state index contributed by atoms with van der Waals surface area (Å²) in [5.74, 6) is -1.26. The van der Waals surface area contributed by atoms with Crippen molar-refractivity contribution in [3.05, 3.63) is 62.8 Å². The number of hydrogen-bond donors (Lipinski definition) is 1. The fourth-order valence-corrected chi connectivity index (χ4v) is 5.23. The maximum atomic E-state index is 13.1. The molecule has 1 fully saturated rings. The summed E-state index contributed by atoms with van der Waals surface area (Å²) in [6.45, 7) is 3.31. The van der Waals surface area contributed by atoms with E-state index >= 15 is 0 Å². The Labute approximate surface area is 186 Å². The van der Waals surface area contributed by atoms with Crippen molar-refractivity contribution in [1.29, 1.82) is 0 Å². The minimum absolute atomic E-state index is 0.00463. The van der Waals surface area contributed by atoms with Gasteiger partial charge in [0.2, 0.25) is 5.43 Å². The summed E-state index contributed by atoms with van der Waals surface area (Å²) in [5.41, 5.74) is 0.404. The summed E-state index contributed by atoms with van der Waals surface area (Å²) >= 11 is 1.23. The molecule has 1 saturated heterocycles. The molecule has 32 heavy (non-hydrogen) atoms. The van der Waals surface area contributed by atoms with E-state index in [0.717, 1.165) is 12.0 Å². The molecule has 1 aromatic carbocycles. The molecule has 0 saturated carbocycles. The van der Waals surface area contributed by atoms with E-state index in [-0.39, 0.29) is 35.1 Å². The fourth-order valence-electron chi connectivity index (χ4n) is 4.35. The predicted molar refractivity (Wildman–Crippen MR) is 115 cm³/mol. The fraction of sp³-hybridized carbons (Fsp3) is 0.364. The third-order valence-electron chi connectivity index (χ3n) is 5.88. The van der Waals surface area contributed by atoms with Crippen LogP contribution in [0.1, 0.15) is 40.4 Å². The molecule has 166 valence electrons. The number of aromatic hydroxyl groups is 1. The zero-order chi connectivity index (χ0) is 22.4. The molecule has 0 spiro atoms. The number of ether oxygens (including phenoxy) is 1. The first kappa shape index (κ1) is 20.8. The quantitative estimate of drug-likeness (QED) is 0.634. The van der Waals surface area contributed by atoms with E-state index in [4.69, 9.17) is 4.74 Å². The van der Waals surface area contributed by atoms with Crippen LogP contribution in [0.25, 0.3) is 10.6 Å². The Morgan fingerprint density at radius 2 is 1.94 bits per heavy atom. The van der Waals surface area contributed by atoms with Gasteiger partial charge in [0.05, 0.1) is 30.9 Å². The van der Waals surface area contributed by atoms with Gasteiger partial charge in [-0.05, 0) is 24.1 Å². The number of amides is 1. The van der Waals surface area contributed by atoms with Crippen LogP contribution in [0.15, 0.2) is 35.3 Å². The van der Waals surface area contributed by atoms with Crippen molar-refractivity contribution in [1.82, 2.24) is 19.7 Å². The van der Waals surface area contributed by atoms with Crippen LogP contribution in [0.2, 0.25) is 0 Å². The van der Waals surface area contributed by atoms with E-state index < -0.39 is 11.2 Å². The number of nitrogens with zero attached hydrogens (tertiary/aromatic N) is 4. The molecule has 8 nitrogen and oxygen atoms in total. The van der Waals surface area contributed by atoms with Crippen molar-refractivity contribution in [3.63, 3.8) is 0 Å². The highest BCUT2D eigenvalue weighted by molar-refractivity contribution is 7.14. The lowest BCUT2D eigenvalue weighted by atomic mass is 10.0. The van der Waals surface area contributed by atoms with Gasteiger partial charge in [0.1, 0.15) is 10.8 Å². The Kier molecular flexibility index (Phi) is 5.26. The minimum Gasteiger partial charge on any atom is -0.503 e. The molecule has 2 aromatic heterocycles. The van der Waals surface area contributed by atoms with Crippen molar-refractivity contribution in [2.75, 3.05) is 19.8 Å². The van der Waals surface area contributed by atoms with Crippen molar-refractivity contribution >= 4 is 17.2 Å². The molecule has 0 bridgehead atoms. The standard InChI is InChI=1S/C22H21FN4O4S/c1-2-7-26-15-10-31-11-16(15)27-9-14(19(28)20(29)18(27)22(26)30)21-25-24-17(32-21)8-12-3-5-13(23)6-4-12/h3-6,9,15-16,29H,2,7-8,10-11H2,1H3/t15-,16+/m0/s1. The van der Waals surface area contributed by atoms with Gasteiger partial charge in [-0.2, -0.15) is 0 Å². The molecule has 5 rings (SSSR count). The van der Waals surface area contributed by atoms with Crippen molar-refractivity contribution in [2.24, 2.45) is 0 Å². The van der Waals surface area contributed by atoms with Crippen LogP contribution in [0.4, 0.5) is 4.39 Å². The highest BCUT2D eigenvalue weighted by atomic mass is 32.1. The summed E-state index contributed by atoms with van der Waals surface area (Å²) in [6, 6.07) is 5.77. The Hall–Kier alpha value is -3.11. The molecule has 10 heteroatoms. The normalized spacial score (nSPS) is 19.8. The van der Waals surface area contributed by atoms with E-state index in [2.05, 4.69) is 10.2 Å². The summed E-state index contributed by atoms with van der Waals surface area (Å²) in [5, 5.41) is 20.0. The smallest absolute Gasteiger partial charge is 0.274 e. The average Bonchev–Trinajstić information content (AvgIpc) is 3.45. The van der Waals surface area contributed by atoms with Gasteiger partial charge in [-0.1, -0.05) is 30.4 Å². The average molecular weight is 456 g/mol. The summed E-state index contributed by atoms with van der Waals surface area (Å²) in [7, 11) is 0. The number of hydrogen-bond acceptors (Lipinski definition) is 7. The molecule has 0 radical (unpaired) electrons. The number of carbonyl (C=O) groups is 1. The zero-order valence-corrected chi connectivity index (χ0v) is 18.1. The van der Waals surface area contributed by atoms with Crippen molar-refractivity contribution in [3.8, 4) is 16.3 Å². The number of halogens is 1. The third kappa shape index (κ3) is 3.39. The van der Waals surface area contributed by atoms with E-state index in [9.17, 15) is 19.1 Å². The molecule has 2 aliphatic heterocycles. The second kappa shape index (κ2) is 8.10. The molecule has 0 unspecified atom stereocenters. The number of rotatable bonds is 5. The van der Waals surface area contributed by atoms with Gasteiger partial charge in [-0.3, -0.25) is 9.59 Å². The highest BCUT2D eigenvalue weighted by Gasteiger charge is 2.44. The maximum absolute atomic E-state index is 13.1. The summed E-state index contributed by atoms with van der Waals surface area (Å²) in [4.78, 5) is 27.8. The number of carbonyl (C=O) groups excluding carboxylic acids is 1. The molecule has 3 aromatic rings. The highest BCUT2D eigenvalue weighted by Crippen LogP contribution is 2.36. The Balaban J connectivity index is 1.54. The first-order valence-corrected chi connectivity index (χ1v) is 11.2. The Morgan fingerprint density at radius 3 is 2.69 bits per heavy atom. The van der Waals surface area contributed by atoms with Gasteiger partial charge in [0, 0.05) is 19.2 Å². The first-order chi connectivity index (χ1) is 15.5. The molecular formula is C22H21FN4O4S. The molecule has 0 aliphatic carbocycles. The molecule has 2 atom stereocenters. The molecule has 4 heterocycles. The minimum atomic E-state index is -0.650. The molecule has 1 amide bonds. The lowest BCUT2D eigenvalue weighted by Gasteiger charge is -2.39. The molecular weight excluding hydrogens is 435 g/mol. The van der Waals surface area contributed by atoms with Crippen molar-refractivity contribution < 1.29 is 19.0 Å². The second-order valence-electron chi connectivity index (χ2n) is 7.95. The predicted octanol–water partition coefficient (Wildman–Crippen LogP) is 2.61. The lowest BCUT2D eigenvalue weighted by molar-refractivity contribution is 0.0556. The lowest BCUT2D eigenvalue weighted by Crippen LogP contribution is -2.51. The van der Waals surface area contributed by atoms with Gasteiger partial charge in [-0.25, -0.2) is 4.39 Å². The summed E-state index contributed by atoms with van der Waals surface area (Å²) in [6.07, 6.45) is 2.80. The van der Waals surface area contributed by atoms with Gasteiger partial charge in [-0.15, -0.1) is 10.2 Å². The SMILES string of the molecule is CCCN1C(=O)c2c(O)c(=O)c(-c3nnc(Cc4ccc(F)cc4)s3)cn2[C@@H]2COC[C@@H]21.